The Labute approximate surface area is 165 Å². The molecule has 0 saturated heterocycles. The predicted octanol–water partition coefficient (Wildman–Crippen LogP) is 7.48. The molecule has 2 aromatic rings. The summed E-state index contributed by atoms with van der Waals surface area (Å²) in [6, 6.07) is 18.3. The smallest absolute Gasteiger partial charge is 0.0716 e. The van der Waals surface area contributed by atoms with Crippen molar-refractivity contribution in [2.24, 2.45) is 0 Å². The highest BCUT2D eigenvalue weighted by molar-refractivity contribution is 5.49. The average Bonchev–Trinajstić information content (AvgIpc) is 2.73. The first kappa shape index (κ1) is 19.9. The van der Waals surface area contributed by atoms with Crippen LogP contribution in [-0.4, -0.2) is 6.61 Å². The van der Waals surface area contributed by atoms with Gasteiger partial charge in [0.25, 0.3) is 0 Å². The van der Waals surface area contributed by atoms with Gasteiger partial charge in [0, 0.05) is 6.61 Å². The van der Waals surface area contributed by atoms with Gasteiger partial charge in [-0.05, 0) is 73.1 Å². The zero-order chi connectivity index (χ0) is 18.9. The number of hydrogen-bond donors (Lipinski definition) is 0. The van der Waals surface area contributed by atoms with E-state index in [0.29, 0.717) is 0 Å². The van der Waals surface area contributed by atoms with E-state index in [1.165, 1.54) is 54.4 Å². The summed E-state index contributed by atoms with van der Waals surface area (Å²) < 4.78 is 5.73. The van der Waals surface area contributed by atoms with E-state index in [1.807, 2.05) is 0 Å². The van der Waals surface area contributed by atoms with E-state index in [0.717, 1.165) is 31.5 Å². The monoisotopic (exact) mass is 362 g/mol. The van der Waals surface area contributed by atoms with E-state index in [-0.39, 0.29) is 0 Å². The van der Waals surface area contributed by atoms with Crippen molar-refractivity contribution in [1.29, 1.82) is 0 Å². The Balaban J connectivity index is 1.49. The van der Waals surface area contributed by atoms with Gasteiger partial charge < -0.3 is 4.74 Å². The average molecular weight is 363 g/mol. The fourth-order valence-electron chi connectivity index (χ4n) is 4.15. The maximum absolute atomic E-state index is 5.73. The van der Waals surface area contributed by atoms with Crippen molar-refractivity contribution in [3.8, 4) is 0 Å². The summed E-state index contributed by atoms with van der Waals surface area (Å²) in [5.41, 5.74) is 5.62. The van der Waals surface area contributed by atoms with Crippen LogP contribution in [0.5, 0.6) is 0 Å². The van der Waals surface area contributed by atoms with Gasteiger partial charge in [-0.3, -0.25) is 0 Å². The van der Waals surface area contributed by atoms with Gasteiger partial charge in [0.1, 0.15) is 0 Å². The number of unbranched alkanes of at least 4 members (excludes halogenated alkanes) is 1. The van der Waals surface area contributed by atoms with E-state index in [2.05, 4.69) is 74.5 Å². The van der Waals surface area contributed by atoms with Gasteiger partial charge in [0.15, 0.2) is 0 Å². The molecule has 0 aromatic heterocycles. The van der Waals surface area contributed by atoms with Crippen LogP contribution in [0.1, 0.15) is 86.5 Å². The molecule has 0 atom stereocenters. The van der Waals surface area contributed by atoms with E-state index in [4.69, 9.17) is 4.74 Å². The van der Waals surface area contributed by atoms with Crippen molar-refractivity contribution in [2.75, 3.05) is 6.61 Å². The molecule has 0 spiro atoms. The van der Waals surface area contributed by atoms with Crippen LogP contribution in [-0.2, 0) is 11.3 Å². The van der Waals surface area contributed by atoms with Crippen LogP contribution in [0.3, 0.4) is 0 Å². The number of allylic oxidation sites excluding steroid dienone is 1. The lowest BCUT2D eigenvalue weighted by molar-refractivity contribution is 0.118. The molecule has 1 aliphatic carbocycles. The van der Waals surface area contributed by atoms with E-state index >= 15 is 0 Å². The topological polar surface area (TPSA) is 9.23 Å². The third-order valence-electron chi connectivity index (χ3n) is 5.86. The van der Waals surface area contributed by atoms with Crippen LogP contribution >= 0.6 is 0 Å². The van der Waals surface area contributed by atoms with Crippen LogP contribution in [0.15, 0.2) is 54.6 Å². The third-order valence-corrected chi connectivity index (χ3v) is 5.86. The highest BCUT2D eigenvalue weighted by Crippen LogP contribution is 2.40. The summed E-state index contributed by atoms with van der Waals surface area (Å²) in [6.07, 6.45) is 11.8. The summed E-state index contributed by atoms with van der Waals surface area (Å²) in [5.74, 6) is 1.45. The minimum atomic E-state index is 0.721. The van der Waals surface area contributed by atoms with E-state index < -0.39 is 0 Å². The summed E-state index contributed by atoms with van der Waals surface area (Å²) in [6.45, 7) is 5.89. The molecule has 144 valence electrons. The van der Waals surface area contributed by atoms with Gasteiger partial charge in [0.2, 0.25) is 0 Å². The Kier molecular flexibility index (Phi) is 7.71. The molecule has 0 heterocycles. The lowest BCUT2D eigenvalue weighted by Gasteiger charge is -2.29. The molecule has 0 bridgehead atoms. The normalized spacial score (nSPS) is 20.2. The first-order valence-corrected chi connectivity index (χ1v) is 10.7. The van der Waals surface area contributed by atoms with Gasteiger partial charge in [0.05, 0.1) is 6.61 Å². The SMILES string of the molecule is CC=Cc1ccc(C2CCC(c3ccc(COCCCC)cc3)CC2)cc1. The largest absolute Gasteiger partial charge is 0.377 e. The Hall–Kier alpha value is -1.86. The minimum Gasteiger partial charge on any atom is -0.377 e. The molecule has 1 heteroatoms. The maximum atomic E-state index is 5.73. The van der Waals surface area contributed by atoms with E-state index in [1.54, 1.807) is 0 Å². The molecule has 3 rings (SSSR count). The third kappa shape index (κ3) is 5.81. The van der Waals surface area contributed by atoms with Crippen molar-refractivity contribution >= 4 is 6.08 Å². The molecule has 1 nitrogen and oxygen atoms in total. The molecule has 0 unspecified atom stereocenters. The molecule has 0 amide bonds. The second kappa shape index (κ2) is 10.5. The summed E-state index contributed by atoms with van der Waals surface area (Å²) in [4.78, 5) is 0. The summed E-state index contributed by atoms with van der Waals surface area (Å²) >= 11 is 0. The van der Waals surface area contributed by atoms with Gasteiger partial charge >= 0.3 is 0 Å². The van der Waals surface area contributed by atoms with Gasteiger partial charge in [-0.25, -0.2) is 0 Å². The lowest BCUT2D eigenvalue weighted by Crippen LogP contribution is -2.12. The van der Waals surface area contributed by atoms with Gasteiger partial charge in [-0.15, -0.1) is 0 Å². The van der Waals surface area contributed by atoms with Crippen LogP contribution in [0.25, 0.3) is 6.08 Å². The first-order valence-electron chi connectivity index (χ1n) is 10.7. The summed E-state index contributed by atoms with van der Waals surface area (Å²) in [7, 11) is 0. The van der Waals surface area contributed by atoms with Crippen molar-refractivity contribution < 1.29 is 4.74 Å². The van der Waals surface area contributed by atoms with Crippen molar-refractivity contribution in [3.63, 3.8) is 0 Å². The first-order chi connectivity index (χ1) is 13.3. The van der Waals surface area contributed by atoms with E-state index in [9.17, 15) is 0 Å². The standard InChI is InChI=1S/C26H34O/c1-3-5-19-27-20-22-9-13-24(14-10-22)26-17-15-25(16-18-26)23-11-7-21(6-4-2)8-12-23/h4,6-14,25-26H,3,5,15-20H2,1-2H3. The molecule has 1 saturated carbocycles. The van der Waals surface area contributed by atoms with Crippen molar-refractivity contribution in [1.82, 2.24) is 0 Å². The molecule has 1 fully saturated rings. The highest BCUT2D eigenvalue weighted by Gasteiger charge is 2.23. The second-order valence-corrected chi connectivity index (χ2v) is 7.86. The predicted molar refractivity (Wildman–Crippen MR) is 116 cm³/mol. The lowest BCUT2D eigenvalue weighted by atomic mass is 9.76. The molecule has 1 aliphatic rings. The molecule has 2 aromatic carbocycles. The molecular weight excluding hydrogens is 328 g/mol. The second-order valence-electron chi connectivity index (χ2n) is 7.86. The highest BCUT2D eigenvalue weighted by atomic mass is 16.5. The Morgan fingerprint density at radius 1 is 0.852 bits per heavy atom. The quantitative estimate of drug-likeness (QED) is 0.442. The Morgan fingerprint density at radius 2 is 1.41 bits per heavy atom. The van der Waals surface area contributed by atoms with Gasteiger partial charge in [-0.2, -0.15) is 0 Å². The number of rotatable bonds is 8. The molecule has 27 heavy (non-hydrogen) atoms. The maximum Gasteiger partial charge on any atom is 0.0716 e. The zero-order valence-corrected chi connectivity index (χ0v) is 17.0. The number of benzene rings is 2. The van der Waals surface area contributed by atoms with Crippen LogP contribution in [0.2, 0.25) is 0 Å². The minimum absolute atomic E-state index is 0.721. The van der Waals surface area contributed by atoms with Gasteiger partial charge in [-0.1, -0.05) is 74.0 Å². The number of hydrogen-bond acceptors (Lipinski definition) is 1. The van der Waals surface area contributed by atoms with Crippen LogP contribution < -0.4 is 0 Å². The zero-order valence-electron chi connectivity index (χ0n) is 17.0. The molecule has 0 radical (unpaired) electrons. The fraction of sp³-hybridized carbons (Fsp3) is 0.462. The number of ether oxygens (including phenoxy) is 1. The molecular formula is C26H34O. The van der Waals surface area contributed by atoms with Crippen LogP contribution in [0, 0.1) is 0 Å². The van der Waals surface area contributed by atoms with Crippen molar-refractivity contribution in [2.45, 2.75) is 70.8 Å². The molecule has 0 aliphatic heterocycles. The van der Waals surface area contributed by atoms with Crippen molar-refractivity contribution in [3.05, 3.63) is 76.9 Å². The van der Waals surface area contributed by atoms with Crippen LogP contribution in [0.4, 0.5) is 0 Å². The fourth-order valence-corrected chi connectivity index (χ4v) is 4.15. The Morgan fingerprint density at radius 3 is 1.93 bits per heavy atom. The Bertz CT molecular complexity index is 688. The summed E-state index contributed by atoms with van der Waals surface area (Å²) in [5, 5.41) is 0. The molecule has 0 N–H and O–H groups in total.